The van der Waals surface area contributed by atoms with E-state index in [9.17, 15) is 4.79 Å². The minimum atomic E-state index is -0.0503. The molecule has 1 amide bonds. The molecule has 0 aliphatic rings. The Labute approximate surface area is 94.4 Å². The summed E-state index contributed by atoms with van der Waals surface area (Å²) < 4.78 is 0. The van der Waals surface area contributed by atoms with Crippen molar-refractivity contribution in [3.8, 4) is 0 Å². The zero-order valence-electron chi connectivity index (χ0n) is 8.99. The lowest BCUT2D eigenvalue weighted by molar-refractivity contribution is -0.114. The standard InChI is InChI=1S/C11H16N2OS/c1-8(7-12)15-11-5-3-10(4-6-11)13-9(2)14/h3-6,8H,7,12H2,1-2H3,(H,13,14). The van der Waals surface area contributed by atoms with Crippen LogP contribution in [0.15, 0.2) is 29.2 Å². The van der Waals surface area contributed by atoms with Crippen LogP contribution in [0.1, 0.15) is 13.8 Å². The molecule has 1 atom stereocenters. The predicted molar refractivity (Wildman–Crippen MR) is 65.1 cm³/mol. The van der Waals surface area contributed by atoms with E-state index in [4.69, 9.17) is 5.73 Å². The van der Waals surface area contributed by atoms with Gasteiger partial charge in [0.05, 0.1) is 0 Å². The molecule has 0 spiro atoms. The first-order valence-electron chi connectivity index (χ1n) is 4.86. The van der Waals surface area contributed by atoms with Crippen molar-refractivity contribution in [2.24, 2.45) is 5.73 Å². The molecule has 15 heavy (non-hydrogen) atoms. The van der Waals surface area contributed by atoms with Crippen LogP contribution in [-0.4, -0.2) is 17.7 Å². The molecule has 1 aromatic rings. The quantitative estimate of drug-likeness (QED) is 0.770. The Kier molecular flexibility index (Phi) is 4.65. The van der Waals surface area contributed by atoms with Gasteiger partial charge in [-0.2, -0.15) is 0 Å². The number of thioether (sulfide) groups is 1. The summed E-state index contributed by atoms with van der Waals surface area (Å²) in [7, 11) is 0. The monoisotopic (exact) mass is 224 g/mol. The maximum absolute atomic E-state index is 10.8. The molecule has 0 saturated heterocycles. The number of carbonyl (C=O) groups excluding carboxylic acids is 1. The Morgan fingerprint density at radius 3 is 2.53 bits per heavy atom. The van der Waals surface area contributed by atoms with Crippen LogP contribution in [0.2, 0.25) is 0 Å². The molecule has 0 radical (unpaired) electrons. The average molecular weight is 224 g/mol. The number of nitrogens with two attached hydrogens (primary N) is 1. The highest BCUT2D eigenvalue weighted by Gasteiger charge is 2.02. The Balaban J connectivity index is 2.60. The number of nitrogens with one attached hydrogen (secondary N) is 1. The lowest BCUT2D eigenvalue weighted by Crippen LogP contribution is -2.12. The van der Waals surface area contributed by atoms with Gasteiger partial charge in [-0.15, -0.1) is 11.8 Å². The second kappa shape index (κ2) is 5.78. The third-order valence-corrected chi connectivity index (χ3v) is 2.98. The van der Waals surface area contributed by atoms with E-state index >= 15 is 0 Å². The smallest absolute Gasteiger partial charge is 0.221 e. The fraction of sp³-hybridized carbons (Fsp3) is 0.364. The molecule has 4 heteroatoms. The molecular formula is C11H16N2OS. The molecule has 3 nitrogen and oxygen atoms in total. The first-order chi connectivity index (χ1) is 7.11. The number of carbonyl (C=O) groups is 1. The summed E-state index contributed by atoms with van der Waals surface area (Å²) in [6.45, 7) is 4.25. The van der Waals surface area contributed by atoms with Crippen LogP contribution in [-0.2, 0) is 4.79 Å². The highest BCUT2D eigenvalue weighted by Crippen LogP contribution is 2.23. The molecule has 0 bridgehead atoms. The van der Waals surface area contributed by atoms with E-state index in [2.05, 4.69) is 12.2 Å². The van der Waals surface area contributed by atoms with Gasteiger partial charge < -0.3 is 11.1 Å². The van der Waals surface area contributed by atoms with Gasteiger partial charge in [-0.25, -0.2) is 0 Å². The fourth-order valence-corrected chi connectivity index (χ4v) is 1.95. The first kappa shape index (κ1) is 12.1. The van der Waals surface area contributed by atoms with E-state index in [1.807, 2.05) is 24.3 Å². The summed E-state index contributed by atoms with van der Waals surface area (Å²) in [6.07, 6.45) is 0. The zero-order chi connectivity index (χ0) is 11.3. The number of hydrogen-bond donors (Lipinski definition) is 2. The molecule has 1 aromatic carbocycles. The van der Waals surface area contributed by atoms with Gasteiger partial charge in [0.15, 0.2) is 0 Å². The van der Waals surface area contributed by atoms with Crippen molar-refractivity contribution < 1.29 is 4.79 Å². The minimum Gasteiger partial charge on any atom is -0.329 e. The molecule has 0 saturated carbocycles. The van der Waals surface area contributed by atoms with Gasteiger partial charge in [0.1, 0.15) is 0 Å². The lowest BCUT2D eigenvalue weighted by atomic mass is 10.3. The van der Waals surface area contributed by atoms with Crippen LogP contribution >= 0.6 is 11.8 Å². The van der Waals surface area contributed by atoms with Crippen LogP contribution in [0.5, 0.6) is 0 Å². The summed E-state index contributed by atoms with van der Waals surface area (Å²) in [4.78, 5) is 12.0. The van der Waals surface area contributed by atoms with Crippen molar-refractivity contribution in [1.29, 1.82) is 0 Å². The molecule has 82 valence electrons. The number of amides is 1. The van der Waals surface area contributed by atoms with Crippen LogP contribution in [0.25, 0.3) is 0 Å². The lowest BCUT2D eigenvalue weighted by Gasteiger charge is -2.08. The maximum Gasteiger partial charge on any atom is 0.221 e. The molecule has 0 fully saturated rings. The van der Waals surface area contributed by atoms with E-state index < -0.39 is 0 Å². The molecule has 3 N–H and O–H groups in total. The zero-order valence-corrected chi connectivity index (χ0v) is 9.80. The highest BCUT2D eigenvalue weighted by molar-refractivity contribution is 8.00. The molecule has 0 aliphatic carbocycles. The maximum atomic E-state index is 10.8. The third-order valence-electron chi connectivity index (χ3n) is 1.84. The highest BCUT2D eigenvalue weighted by atomic mass is 32.2. The van der Waals surface area contributed by atoms with Gasteiger partial charge in [-0.3, -0.25) is 4.79 Å². The van der Waals surface area contributed by atoms with E-state index in [0.717, 1.165) is 5.69 Å². The van der Waals surface area contributed by atoms with Crippen molar-refractivity contribution >= 4 is 23.4 Å². The number of benzene rings is 1. The van der Waals surface area contributed by atoms with Crippen molar-refractivity contribution in [1.82, 2.24) is 0 Å². The van der Waals surface area contributed by atoms with Gasteiger partial charge in [0, 0.05) is 29.3 Å². The van der Waals surface area contributed by atoms with E-state index in [1.54, 1.807) is 11.8 Å². The Bertz CT molecular complexity index is 324. The van der Waals surface area contributed by atoms with Gasteiger partial charge in [-0.05, 0) is 24.3 Å². The minimum absolute atomic E-state index is 0.0503. The largest absolute Gasteiger partial charge is 0.329 e. The molecule has 0 heterocycles. The van der Waals surface area contributed by atoms with Gasteiger partial charge in [0.25, 0.3) is 0 Å². The first-order valence-corrected chi connectivity index (χ1v) is 5.74. The summed E-state index contributed by atoms with van der Waals surface area (Å²) in [5.41, 5.74) is 6.36. The number of rotatable bonds is 4. The average Bonchev–Trinajstić information content (AvgIpc) is 2.20. The molecular weight excluding hydrogens is 208 g/mol. The number of anilines is 1. The van der Waals surface area contributed by atoms with Gasteiger partial charge in [-0.1, -0.05) is 6.92 Å². The van der Waals surface area contributed by atoms with E-state index in [0.29, 0.717) is 11.8 Å². The van der Waals surface area contributed by atoms with Crippen LogP contribution < -0.4 is 11.1 Å². The van der Waals surface area contributed by atoms with Crippen molar-refractivity contribution in [2.45, 2.75) is 24.0 Å². The van der Waals surface area contributed by atoms with Crippen molar-refractivity contribution in [3.63, 3.8) is 0 Å². The second-order valence-corrected chi connectivity index (χ2v) is 4.88. The summed E-state index contributed by atoms with van der Waals surface area (Å²) in [5, 5.41) is 3.14. The second-order valence-electron chi connectivity index (χ2n) is 3.37. The fourth-order valence-electron chi connectivity index (χ4n) is 1.10. The van der Waals surface area contributed by atoms with E-state index in [-0.39, 0.29) is 5.91 Å². The van der Waals surface area contributed by atoms with Crippen LogP contribution in [0.4, 0.5) is 5.69 Å². The number of hydrogen-bond acceptors (Lipinski definition) is 3. The molecule has 0 aromatic heterocycles. The van der Waals surface area contributed by atoms with Crippen molar-refractivity contribution in [2.75, 3.05) is 11.9 Å². The van der Waals surface area contributed by atoms with Gasteiger partial charge >= 0.3 is 0 Å². The van der Waals surface area contributed by atoms with Crippen molar-refractivity contribution in [3.05, 3.63) is 24.3 Å². The third kappa shape index (κ3) is 4.36. The summed E-state index contributed by atoms with van der Waals surface area (Å²) in [6, 6.07) is 7.77. The predicted octanol–water partition coefficient (Wildman–Crippen LogP) is 2.08. The molecule has 0 aliphatic heterocycles. The normalized spacial score (nSPS) is 12.2. The topological polar surface area (TPSA) is 55.1 Å². The van der Waals surface area contributed by atoms with E-state index in [1.165, 1.54) is 11.8 Å². The van der Waals surface area contributed by atoms with Crippen LogP contribution in [0, 0.1) is 0 Å². The Morgan fingerprint density at radius 2 is 2.07 bits per heavy atom. The SMILES string of the molecule is CC(=O)Nc1ccc(SC(C)CN)cc1. The van der Waals surface area contributed by atoms with Crippen LogP contribution in [0.3, 0.4) is 0 Å². The molecule has 1 unspecified atom stereocenters. The Morgan fingerprint density at radius 1 is 1.47 bits per heavy atom. The summed E-state index contributed by atoms with van der Waals surface area (Å²) >= 11 is 1.73. The summed E-state index contributed by atoms with van der Waals surface area (Å²) in [5.74, 6) is -0.0503. The molecule has 1 rings (SSSR count). The van der Waals surface area contributed by atoms with Gasteiger partial charge in [0.2, 0.25) is 5.91 Å². The Hall–Kier alpha value is -1.00.